The zero-order valence-corrected chi connectivity index (χ0v) is 49.7. The summed E-state index contributed by atoms with van der Waals surface area (Å²) in [4.78, 5) is 26.5. The smallest absolute Gasteiger partial charge is 0.306 e. The SMILES string of the molecule is CC/C=C\C/C=C\C/C=C\C/C=C\C/C=C\C/C=C\CCCCCCCCC(=O)OC1C(OCC(NC(=O)C(O)CCCCCC\C=C/C=C/C=C/CC)C(O)/C=C/CCCCCCCCCCCCC)OC(CO)C(O)C1O. The lowest BCUT2D eigenvalue weighted by Gasteiger charge is -2.41. The van der Waals surface area contributed by atoms with Gasteiger partial charge < -0.3 is 45.1 Å². The molecule has 0 bridgehead atoms. The van der Waals surface area contributed by atoms with Crippen LogP contribution in [-0.4, -0.2) is 99.6 Å². The molecule has 11 heteroatoms. The van der Waals surface area contributed by atoms with E-state index in [2.05, 4.69) is 111 Å². The molecular formula is C68H113NO10. The second-order valence-corrected chi connectivity index (χ2v) is 21.1. The van der Waals surface area contributed by atoms with E-state index in [0.717, 1.165) is 135 Å². The average molecular weight is 1100 g/mol. The molecule has 1 amide bonds. The van der Waals surface area contributed by atoms with Crippen molar-refractivity contribution < 1.29 is 49.3 Å². The Morgan fingerprint density at radius 2 is 0.975 bits per heavy atom. The summed E-state index contributed by atoms with van der Waals surface area (Å²) in [6.45, 7) is 5.50. The monoisotopic (exact) mass is 1100 g/mol. The van der Waals surface area contributed by atoms with Crippen molar-refractivity contribution in [2.24, 2.45) is 0 Å². The van der Waals surface area contributed by atoms with Crippen molar-refractivity contribution in [2.75, 3.05) is 13.2 Å². The number of ether oxygens (including phenoxy) is 3. The minimum absolute atomic E-state index is 0.0963. The quantitative estimate of drug-likeness (QED) is 0.0149. The lowest BCUT2D eigenvalue weighted by Crippen LogP contribution is -2.61. The normalized spacial score (nSPS) is 19.7. The zero-order valence-electron chi connectivity index (χ0n) is 49.7. The van der Waals surface area contributed by atoms with E-state index in [9.17, 15) is 35.1 Å². The number of unbranched alkanes of at least 4 members (excludes halogenated alkanes) is 21. The van der Waals surface area contributed by atoms with E-state index in [-0.39, 0.29) is 19.4 Å². The summed E-state index contributed by atoms with van der Waals surface area (Å²) in [6.07, 6.45) is 65.2. The highest BCUT2D eigenvalue weighted by Crippen LogP contribution is 2.26. The third-order valence-electron chi connectivity index (χ3n) is 13.9. The molecule has 0 radical (unpaired) electrons. The summed E-state index contributed by atoms with van der Waals surface area (Å²) in [7, 11) is 0. The van der Waals surface area contributed by atoms with Crippen LogP contribution in [0, 0.1) is 0 Å². The van der Waals surface area contributed by atoms with Gasteiger partial charge in [-0.05, 0) is 96.3 Å². The van der Waals surface area contributed by atoms with Gasteiger partial charge in [-0.15, -0.1) is 0 Å². The van der Waals surface area contributed by atoms with Crippen molar-refractivity contribution in [1.29, 1.82) is 0 Å². The molecule has 1 rings (SSSR count). The van der Waals surface area contributed by atoms with Crippen LogP contribution in [0.1, 0.15) is 233 Å². The van der Waals surface area contributed by atoms with Crippen molar-refractivity contribution in [3.05, 3.63) is 122 Å². The Balaban J connectivity index is 2.65. The van der Waals surface area contributed by atoms with Crippen molar-refractivity contribution in [3.8, 4) is 0 Å². The highest BCUT2D eigenvalue weighted by atomic mass is 16.7. The third kappa shape index (κ3) is 42.6. The number of hydrogen-bond acceptors (Lipinski definition) is 10. The van der Waals surface area contributed by atoms with Gasteiger partial charge in [-0.1, -0.05) is 251 Å². The molecule has 1 saturated heterocycles. The van der Waals surface area contributed by atoms with E-state index in [4.69, 9.17) is 14.2 Å². The molecule has 8 unspecified atom stereocenters. The Morgan fingerprint density at radius 3 is 1.51 bits per heavy atom. The lowest BCUT2D eigenvalue weighted by molar-refractivity contribution is -0.305. The van der Waals surface area contributed by atoms with Crippen LogP contribution in [0.25, 0.3) is 0 Å². The maximum Gasteiger partial charge on any atom is 0.306 e. The summed E-state index contributed by atoms with van der Waals surface area (Å²) in [5, 5.41) is 56.9. The fourth-order valence-electron chi connectivity index (χ4n) is 9.01. The van der Waals surface area contributed by atoms with Gasteiger partial charge in [0.1, 0.15) is 24.4 Å². The van der Waals surface area contributed by atoms with Gasteiger partial charge in [-0.3, -0.25) is 9.59 Å². The van der Waals surface area contributed by atoms with Gasteiger partial charge in [-0.25, -0.2) is 0 Å². The molecule has 1 fully saturated rings. The van der Waals surface area contributed by atoms with Crippen LogP contribution >= 0.6 is 0 Å². The number of aliphatic hydroxyl groups is 5. The second kappa shape index (κ2) is 54.6. The van der Waals surface area contributed by atoms with Gasteiger partial charge in [0.15, 0.2) is 12.4 Å². The van der Waals surface area contributed by atoms with E-state index >= 15 is 0 Å². The van der Waals surface area contributed by atoms with Crippen LogP contribution in [0.4, 0.5) is 0 Å². The van der Waals surface area contributed by atoms with Gasteiger partial charge in [0.2, 0.25) is 5.91 Å². The summed E-state index contributed by atoms with van der Waals surface area (Å²) in [6, 6.07) is -1.05. The van der Waals surface area contributed by atoms with Crippen LogP contribution < -0.4 is 5.32 Å². The molecule has 6 N–H and O–H groups in total. The van der Waals surface area contributed by atoms with Crippen LogP contribution in [-0.2, 0) is 23.8 Å². The minimum atomic E-state index is -1.63. The molecule has 0 aliphatic carbocycles. The number of allylic oxidation sites excluding steroid dienone is 19. The number of carbonyl (C=O) groups is 2. The molecule has 450 valence electrons. The first-order valence-electron chi connectivity index (χ1n) is 31.3. The highest BCUT2D eigenvalue weighted by Gasteiger charge is 2.47. The Labute approximate surface area is 480 Å². The first-order chi connectivity index (χ1) is 38.7. The number of nitrogens with one attached hydrogen (secondary N) is 1. The van der Waals surface area contributed by atoms with Crippen molar-refractivity contribution >= 4 is 11.9 Å². The van der Waals surface area contributed by atoms with Crippen LogP contribution in [0.5, 0.6) is 0 Å². The summed E-state index contributed by atoms with van der Waals surface area (Å²) >= 11 is 0. The van der Waals surface area contributed by atoms with Gasteiger partial charge in [-0.2, -0.15) is 0 Å². The number of amides is 1. The van der Waals surface area contributed by atoms with Gasteiger partial charge in [0.05, 0.1) is 25.4 Å². The Morgan fingerprint density at radius 1 is 0.519 bits per heavy atom. The van der Waals surface area contributed by atoms with E-state index in [1.54, 1.807) is 6.08 Å². The molecule has 0 aromatic carbocycles. The van der Waals surface area contributed by atoms with E-state index in [1.807, 2.05) is 30.4 Å². The fourth-order valence-corrected chi connectivity index (χ4v) is 9.01. The van der Waals surface area contributed by atoms with E-state index in [1.165, 1.54) is 51.4 Å². The molecule has 0 aromatic rings. The summed E-state index contributed by atoms with van der Waals surface area (Å²) < 4.78 is 17.6. The van der Waals surface area contributed by atoms with Crippen LogP contribution in [0.15, 0.2) is 122 Å². The topological polar surface area (TPSA) is 175 Å². The van der Waals surface area contributed by atoms with Crippen molar-refractivity contribution in [1.82, 2.24) is 5.32 Å². The van der Waals surface area contributed by atoms with Crippen molar-refractivity contribution in [3.63, 3.8) is 0 Å². The van der Waals surface area contributed by atoms with E-state index < -0.39 is 67.4 Å². The summed E-state index contributed by atoms with van der Waals surface area (Å²) in [5.41, 5.74) is 0. The molecule has 1 aliphatic rings. The second-order valence-electron chi connectivity index (χ2n) is 21.1. The number of hydrogen-bond donors (Lipinski definition) is 6. The Hall–Kier alpha value is -3.94. The third-order valence-corrected chi connectivity index (χ3v) is 13.9. The largest absolute Gasteiger partial charge is 0.454 e. The molecule has 79 heavy (non-hydrogen) atoms. The molecular weight excluding hydrogens is 991 g/mol. The fraction of sp³-hybridized carbons (Fsp3) is 0.676. The molecule has 0 spiro atoms. The Kier molecular flexibility index (Phi) is 50.5. The minimum Gasteiger partial charge on any atom is -0.454 e. The molecule has 1 heterocycles. The number of esters is 1. The molecule has 1 aliphatic heterocycles. The number of aliphatic hydroxyl groups excluding tert-OH is 5. The lowest BCUT2D eigenvalue weighted by atomic mass is 9.99. The predicted octanol–water partition coefficient (Wildman–Crippen LogP) is 15.1. The Bertz CT molecular complexity index is 1740. The van der Waals surface area contributed by atoms with Gasteiger partial charge in [0, 0.05) is 6.42 Å². The van der Waals surface area contributed by atoms with Crippen LogP contribution in [0.2, 0.25) is 0 Å². The van der Waals surface area contributed by atoms with Crippen molar-refractivity contribution in [2.45, 2.75) is 282 Å². The maximum atomic E-state index is 13.4. The molecule has 11 nitrogen and oxygen atoms in total. The molecule has 0 saturated carbocycles. The maximum absolute atomic E-state index is 13.4. The van der Waals surface area contributed by atoms with E-state index in [0.29, 0.717) is 12.8 Å². The average Bonchev–Trinajstić information content (AvgIpc) is 3.48. The van der Waals surface area contributed by atoms with Gasteiger partial charge in [0.25, 0.3) is 0 Å². The predicted molar refractivity (Wildman–Crippen MR) is 328 cm³/mol. The van der Waals surface area contributed by atoms with Crippen LogP contribution in [0.3, 0.4) is 0 Å². The highest BCUT2D eigenvalue weighted by molar-refractivity contribution is 5.80. The zero-order chi connectivity index (χ0) is 57.5. The summed E-state index contributed by atoms with van der Waals surface area (Å²) in [5.74, 6) is -1.24. The molecule has 0 aromatic heterocycles. The number of rotatable bonds is 51. The number of carbonyl (C=O) groups excluding carboxylic acids is 2. The molecule has 8 atom stereocenters. The van der Waals surface area contributed by atoms with Gasteiger partial charge >= 0.3 is 5.97 Å². The first kappa shape index (κ1) is 73.1. The standard InChI is InChI=1S/C68H113NO10/c1-4-7-10-13-16-19-22-25-26-27-28-29-30-31-32-33-34-35-36-38-41-44-47-50-53-56-63(73)79-66-65(75)64(74)62(57-70)78-68(66)77-58-59(60(71)54-51-48-45-42-40-37-23-20-17-14-11-8-5-2)69-67(76)61(72)55-52-49-46-43-39-24-21-18-15-12-9-6-3/h7,9-10,12,15-16,18-19,21,24-26,28-29,31-32,34-35,51,54,59-62,64-66,68,70-72,74-75H,4-6,8,11,13-14,17,20,22-23,27,30,33,36-50,52-53,55-58H2,1-3H3,(H,69,76)/b10-7-,12-9+,18-15+,19-16-,24-21-,26-25-,29-28-,32-31-,35-34-,54-51+. The first-order valence-corrected chi connectivity index (χ1v) is 31.3.